The minimum absolute atomic E-state index is 0.0359. The van der Waals surface area contributed by atoms with Crippen LogP contribution in [-0.2, 0) is 9.53 Å². The van der Waals surface area contributed by atoms with Crippen molar-refractivity contribution in [2.45, 2.75) is 79.1 Å². The summed E-state index contributed by atoms with van der Waals surface area (Å²) in [5.41, 5.74) is -0.298. The zero-order chi connectivity index (χ0) is 16.2. The Bertz CT molecular complexity index is 340. The molecule has 1 N–H and O–H groups in total. The van der Waals surface area contributed by atoms with Gasteiger partial charge >= 0.3 is 0 Å². The molecule has 124 valence electrons. The zero-order valence-electron chi connectivity index (χ0n) is 14.9. The van der Waals surface area contributed by atoms with Crippen LogP contribution in [0.3, 0.4) is 0 Å². The van der Waals surface area contributed by atoms with E-state index in [4.69, 9.17) is 4.74 Å². The summed E-state index contributed by atoms with van der Waals surface area (Å²) >= 11 is 0. The minimum atomic E-state index is -0.298. The van der Waals surface area contributed by atoms with Gasteiger partial charge in [-0.1, -0.05) is 27.7 Å². The molecule has 0 aliphatic carbocycles. The van der Waals surface area contributed by atoms with Crippen molar-refractivity contribution in [1.82, 2.24) is 10.2 Å². The number of nitrogens with one attached hydrogen (secondary N) is 1. The number of rotatable bonds is 8. The van der Waals surface area contributed by atoms with Gasteiger partial charge in [0, 0.05) is 6.61 Å². The standard InChI is InChI=1S/C17H34N2O2/c1-8-21-17(6,7)11-19-15(10-13(4)5)18-14(16(19)20)9-12(2)3/h12-15,18H,8-11H2,1-7H3. The van der Waals surface area contributed by atoms with E-state index in [-0.39, 0.29) is 23.7 Å². The molecule has 4 heteroatoms. The molecule has 1 aliphatic rings. The third-order valence-electron chi connectivity index (χ3n) is 3.84. The van der Waals surface area contributed by atoms with Gasteiger partial charge in [-0.05, 0) is 45.4 Å². The fourth-order valence-electron chi connectivity index (χ4n) is 3.06. The molecule has 1 saturated heterocycles. The van der Waals surface area contributed by atoms with E-state index in [2.05, 4.69) is 46.9 Å². The first-order valence-electron chi connectivity index (χ1n) is 8.36. The van der Waals surface area contributed by atoms with Crippen molar-refractivity contribution in [2.75, 3.05) is 13.2 Å². The monoisotopic (exact) mass is 298 g/mol. The molecule has 1 fully saturated rings. The number of nitrogens with zero attached hydrogens (tertiary/aromatic N) is 1. The third kappa shape index (κ3) is 5.59. The Labute approximate surface area is 130 Å². The number of hydrogen-bond donors (Lipinski definition) is 1. The molecule has 0 spiro atoms. The first kappa shape index (κ1) is 18.4. The Kier molecular flexibility index (Phi) is 6.67. The average Bonchev–Trinajstić information content (AvgIpc) is 2.56. The first-order chi connectivity index (χ1) is 9.66. The van der Waals surface area contributed by atoms with Gasteiger partial charge in [-0.15, -0.1) is 0 Å². The highest BCUT2D eigenvalue weighted by Gasteiger charge is 2.41. The lowest BCUT2D eigenvalue weighted by Gasteiger charge is -2.34. The summed E-state index contributed by atoms with van der Waals surface area (Å²) in [5, 5.41) is 3.54. The highest BCUT2D eigenvalue weighted by molar-refractivity contribution is 5.84. The average molecular weight is 298 g/mol. The number of carbonyl (C=O) groups is 1. The molecular weight excluding hydrogens is 264 g/mol. The molecule has 21 heavy (non-hydrogen) atoms. The van der Waals surface area contributed by atoms with E-state index in [1.54, 1.807) is 0 Å². The predicted molar refractivity (Wildman–Crippen MR) is 87.0 cm³/mol. The fourth-order valence-corrected chi connectivity index (χ4v) is 3.06. The van der Waals surface area contributed by atoms with Crippen molar-refractivity contribution >= 4 is 5.91 Å². The molecule has 1 aliphatic heterocycles. The van der Waals surface area contributed by atoms with Crippen LogP contribution in [0.1, 0.15) is 61.3 Å². The topological polar surface area (TPSA) is 41.6 Å². The maximum Gasteiger partial charge on any atom is 0.241 e. The van der Waals surface area contributed by atoms with Crippen LogP contribution in [0.15, 0.2) is 0 Å². The molecule has 1 heterocycles. The lowest BCUT2D eigenvalue weighted by atomic mass is 10.0. The molecule has 2 atom stereocenters. The predicted octanol–water partition coefficient (Wildman–Crippen LogP) is 3.02. The lowest BCUT2D eigenvalue weighted by molar-refractivity contribution is -0.135. The van der Waals surface area contributed by atoms with Gasteiger partial charge in [-0.3, -0.25) is 10.1 Å². The largest absolute Gasteiger partial charge is 0.374 e. The van der Waals surface area contributed by atoms with Gasteiger partial charge in [0.05, 0.1) is 24.4 Å². The molecule has 4 nitrogen and oxygen atoms in total. The summed E-state index contributed by atoms with van der Waals surface area (Å²) in [6.07, 6.45) is 2.03. The number of ether oxygens (including phenoxy) is 1. The minimum Gasteiger partial charge on any atom is -0.374 e. The van der Waals surface area contributed by atoms with E-state index < -0.39 is 0 Å². The van der Waals surface area contributed by atoms with Crippen LogP contribution in [0, 0.1) is 11.8 Å². The SMILES string of the molecule is CCOC(C)(C)CN1C(=O)C(CC(C)C)NC1CC(C)C. The Morgan fingerprint density at radius 3 is 2.24 bits per heavy atom. The Morgan fingerprint density at radius 2 is 1.76 bits per heavy atom. The van der Waals surface area contributed by atoms with Gasteiger partial charge in [0.15, 0.2) is 0 Å². The van der Waals surface area contributed by atoms with E-state index >= 15 is 0 Å². The van der Waals surface area contributed by atoms with Crippen LogP contribution in [0.5, 0.6) is 0 Å². The highest BCUT2D eigenvalue weighted by Crippen LogP contribution is 2.24. The second-order valence-electron chi connectivity index (χ2n) is 7.65. The van der Waals surface area contributed by atoms with Gasteiger partial charge in [-0.2, -0.15) is 0 Å². The van der Waals surface area contributed by atoms with Crippen LogP contribution in [0.4, 0.5) is 0 Å². The summed E-state index contributed by atoms with van der Waals surface area (Å²) in [6, 6.07) is -0.0359. The molecule has 0 radical (unpaired) electrons. The summed E-state index contributed by atoms with van der Waals surface area (Å²) in [6.45, 7) is 16.2. The smallest absolute Gasteiger partial charge is 0.241 e. The van der Waals surface area contributed by atoms with Crippen molar-refractivity contribution < 1.29 is 9.53 Å². The molecule has 0 aromatic carbocycles. The maximum absolute atomic E-state index is 12.7. The fraction of sp³-hybridized carbons (Fsp3) is 0.941. The Hall–Kier alpha value is -0.610. The van der Waals surface area contributed by atoms with E-state index in [0.29, 0.717) is 25.0 Å². The molecule has 0 aromatic rings. The van der Waals surface area contributed by atoms with Crippen molar-refractivity contribution in [3.63, 3.8) is 0 Å². The van der Waals surface area contributed by atoms with Gasteiger partial charge in [0.2, 0.25) is 5.91 Å². The highest BCUT2D eigenvalue weighted by atomic mass is 16.5. The Balaban J connectivity index is 2.81. The number of carbonyl (C=O) groups excluding carboxylic acids is 1. The van der Waals surface area contributed by atoms with Crippen LogP contribution in [0.2, 0.25) is 0 Å². The molecule has 0 aromatic heterocycles. The van der Waals surface area contributed by atoms with E-state index in [1.807, 2.05) is 11.8 Å². The normalized spacial score (nSPS) is 23.7. The first-order valence-corrected chi connectivity index (χ1v) is 8.36. The van der Waals surface area contributed by atoms with Crippen molar-refractivity contribution in [3.05, 3.63) is 0 Å². The van der Waals surface area contributed by atoms with E-state index in [0.717, 1.165) is 12.8 Å². The Morgan fingerprint density at radius 1 is 1.19 bits per heavy atom. The van der Waals surface area contributed by atoms with E-state index in [1.165, 1.54) is 0 Å². The third-order valence-corrected chi connectivity index (χ3v) is 3.84. The van der Waals surface area contributed by atoms with Crippen LogP contribution < -0.4 is 5.32 Å². The molecule has 0 bridgehead atoms. The second-order valence-corrected chi connectivity index (χ2v) is 7.65. The van der Waals surface area contributed by atoms with Crippen LogP contribution >= 0.6 is 0 Å². The lowest BCUT2D eigenvalue weighted by Crippen LogP contribution is -2.47. The van der Waals surface area contributed by atoms with Crippen molar-refractivity contribution in [1.29, 1.82) is 0 Å². The molecule has 2 unspecified atom stereocenters. The number of amides is 1. The maximum atomic E-state index is 12.7. The molecule has 0 saturated carbocycles. The van der Waals surface area contributed by atoms with E-state index in [9.17, 15) is 4.79 Å². The summed E-state index contributed by atoms with van der Waals surface area (Å²) in [4.78, 5) is 14.7. The number of hydrogen-bond acceptors (Lipinski definition) is 3. The van der Waals surface area contributed by atoms with Gasteiger partial charge in [-0.25, -0.2) is 0 Å². The quantitative estimate of drug-likeness (QED) is 0.749. The van der Waals surface area contributed by atoms with Gasteiger partial charge < -0.3 is 9.64 Å². The summed E-state index contributed by atoms with van der Waals surface area (Å²) in [5.74, 6) is 1.32. The van der Waals surface area contributed by atoms with Crippen LogP contribution in [0.25, 0.3) is 0 Å². The summed E-state index contributed by atoms with van der Waals surface area (Å²) in [7, 11) is 0. The summed E-state index contributed by atoms with van der Waals surface area (Å²) < 4.78 is 5.79. The van der Waals surface area contributed by atoms with Gasteiger partial charge in [0.1, 0.15) is 0 Å². The zero-order valence-corrected chi connectivity index (χ0v) is 14.9. The second kappa shape index (κ2) is 7.59. The molecule has 1 rings (SSSR count). The van der Waals surface area contributed by atoms with Crippen molar-refractivity contribution in [2.24, 2.45) is 11.8 Å². The van der Waals surface area contributed by atoms with Gasteiger partial charge in [0.25, 0.3) is 0 Å². The van der Waals surface area contributed by atoms with Crippen LogP contribution in [-0.4, -0.2) is 41.8 Å². The molecule has 1 amide bonds. The van der Waals surface area contributed by atoms with Crippen molar-refractivity contribution in [3.8, 4) is 0 Å². The molecular formula is C17H34N2O2.